The number of hydrogen-bond acceptors (Lipinski definition) is 5. The number of benzene rings is 1. The van der Waals surface area contributed by atoms with Crippen molar-refractivity contribution in [3.63, 3.8) is 0 Å². The Balaban J connectivity index is 1.25. The summed E-state index contributed by atoms with van der Waals surface area (Å²) in [5, 5.41) is 14.5. The van der Waals surface area contributed by atoms with E-state index in [1.165, 1.54) is 43.9 Å². The number of aromatic nitrogens is 3. The zero-order valence-corrected chi connectivity index (χ0v) is 18.2. The first-order chi connectivity index (χ1) is 14.6. The first-order valence-electron chi connectivity index (χ1n) is 10.8. The highest BCUT2D eigenvalue weighted by Crippen LogP contribution is 2.40. The fourth-order valence-corrected chi connectivity index (χ4v) is 5.40. The number of carbonyl (C=O) groups is 2. The first kappa shape index (κ1) is 20.9. The van der Waals surface area contributed by atoms with E-state index in [1.54, 1.807) is 35.2 Å². The number of aryl methyl sites for hydroxylation is 1. The molecule has 0 aliphatic heterocycles. The van der Waals surface area contributed by atoms with E-state index in [1.807, 2.05) is 7.05 Å². The second kappa shape index (κ2) is 9.64. The molecule has 0 saturated heterocycles. The summed E-state index contributed by atoms with van der Waals surface area (Å²) < 4.78 is 1.77. The third-order valence-electron chi connectivity index (χ3n) is 6.31. The molecule has 3 atom stereocenters. The maximum absolute atomic E-state index is 12.7. The number of nitrogens with zero attached hydrogens (tertiary/aromatic N) is 3. The molecule has 8 heteroatoms. The second-order valence-corrected chi connectivity index (χ2v) is 9.37. The molecule has 160 valence electrons. The molecule has 2 aliphatic rings. The average molecular weight is 428 g/mol. The van der Waals surface area contributed by atoms with Gasteiger partial charge in [-0.05, 0) is 55.4 Å². The standard InChI is InChI=1S/C22H29N5O2S/c1-27-14-23-26-22(27)30-13-20(28)24-18-9-7-16(8-10-18)21(29)25-19-11-6-15-4-2-3-5-17(15)12-19/h7-10,14-15,17,19H,2-6,11-13H2,1H3,(H,24,28)(H,25,29)/t15-,17+,19-/m1/s1. The maximum atomic E-state index is 12.7. The van der Waals surface area contributed by atoms with Crippen molar-refractivity contribution in [2.24, 2.45) is 18.9 Å². The Bertz CT molecular complexity index is 882. The summed E-state index contributed by atoms with van der Waals surface area (Å²) in [7, 11) is 1.84. The van der Waals surface area contributed by atoms with Gasteiger partial charge in [0.25, 0.3) is 5.91 Å². The number of fused-ring (bicyclic) bond motifs is 1. The number of nitrogens with one attached hydrogen (secondary N) is 2. The third-order valence-corrected chi connectivity index (χ3v) is 7.34. The quantitative estimate of drug-likeness (QED) is 0.687. The third kappa shape index (κ3) is 5.22. The Kier molecular flexibility index (Phi) is 6.72. The average Bonchev–Trinajstić information content (AvgIpc) is 3.17. The molecule has 4 rings (SSSR count). The number of amides is 2. The van der Waals surface area contributed by atoms with Gasteiger partial charge >= 0.3 is 0 Å². The summed E-state index contributed by atoms with van der Waals surface area (Å²) in [6, 6.07) is 7.38. The molecular weight excluding hydrogens is 398 g/mol. The normalized spacial score (nSPS) is 23.4. The molecule has 7 nitrogen and oxygen atoms in total. The van der Waals surface area contributed by atoms with Crippen LogP contribution in [0.15, 0.2) is 35.7 Å². The van der Waals surface area contributed by atoms with Crippen LogP contribution in [0.5, 0.6) is 0 Å². The maximum Gasteiger partial charge on any atom is 0.251 e. The molecular formula is C22H29N5O2S. The van der Waals surface area contributed by atoms with Crippen molar-refractivity contribution >= 4 is 29.3 Å². The van der Waals surface area contributed by atoms with Gasteiger partial charge in [0.1, 0.15) is 6.33 Å². The van der Waals surface area contributed by atoms with E-state index >= 15 is 0 Å². The van der Waals surface area contributed by atoms with Crippen LogP contribution < -0.4 is 10.6 Å². The highest BCUT2D eigenvalue weighted by atomic mass is 32.2. The Morgan fingerprint density at radius 1 is 1.10 bits per heavy atom. The zero-order chi connectivity index (χ0) is 20.9. The molecule has 2 aromatic rings. The number of carbonyl (C=O) groups excluding carboxylic acids is 2. The van der Waals surface area contributed by atoms with E-state index in [2.05, 4.69) is 20.8 Å². The molecule has 0 radical (unpaired) electrons. The molecule has 2 saturated carbocycles. The van der Waals surface area contributed by atoms with Crippen LogP contribution in [-0.4, -0.2) is 38.4 Å². The lowest BCUT2D eigenvalue weighted by molar-refractivity contribution is -0.113. The predicted octanol–water partition coefficient (Wildman–Crippen LogP) is 3.63. The highest BCUT2D eigenvalue weighted by molar-refractivity contribution is 7.99. The predicted molar refractivity (Wildman–Crippen MR) is 117 cm³/mol. The van der Waals surface area contributed by atoms with Gasteiger partial charge in [-0.15, -0.1) is 10.2 Å². The van der Waals surface area contributed by atoms with Crippen LogP contribution in [0.1, 0.15) is 55.3 Å². The molecule has 1 aromatic carbocycles. The molecule has 30 heavy (non-hydrogen) atoms. The van der Waals surface area contributed by atoms with E-state index in [0.717, 1.165) is 24.7 Å². The van der Waals surface area contributed by atoms with Gasteiger partial charge in [-0.3, -0.25) is 9.59 Å². The van der Waals surface area contributed by atoms with E-state index < -0.39 is 0 Å². The monoisotopic (exact) mass is 427 g/mol. The molecule has 2 amide bonds. The smallest absolute Gasteiger partial charge is 0.251 e. The number of rotatable bonds is 6. The van der Waals surface area contributed by atoms with Gasteiger partial charge in [-0.25, -0.2) is 0 Å². The van der Waals surface area contributed by atoms with E-state index in [9.17, 15) is 9.59 Å². The lowest BCUT2D eigenvalue weighted by Gasteiger charge is -2.39. The van der Waals surface area contributed by atoms with E-state index in [4.69, 9.17) is 0 Å². The summed E-state index contributed by atoms with van der Waals surface area (Å²) in [5.74, 6) is 1.77. The minimum Gasteiger partial charge on any atom is -0.349 e. The SMILES string of the molecule is Cn1cnnc1SCC(=O)Nc1ccc(C(=O)N[C@@H]2CC[C@H]3CCCC[C@H]3C2)cc1. The van der Waals surface area contributed by atoms with Crippen molar-refractivity contribution in [2.45, 2.75) is 56.1 Å². The molecule has 2 N–H and O–H groups in total. The summed E-state index contributed by atoms with van der Waals surface area (Å²) >= 11 is 1.33. The zero-order valence-electron chi connectivity index (χ0n) is 17.3. The Labute approximate surface area is 181 Å². The number of hydrogen-bond donors (Lipinski definition) is 2. The molecule has 0 bridgehead atoms. The van der Waals surface area contributed by atoms with Crippen molar-refractivity contribution in [1.82, 2.24) is 20.1 Å². The van der Waals surface area contributed by atoms with E-state index in [0.29, 0.717) is 16.4 Å². The lowest BCUT2D eigenvalue weighted by atomic mass is 9.69. The van der Waals surface area contributed by atoms with Gasteiger partial charge in [-0.1, -0.05) is 37.4 Å². The number of thioether (sulfide) groups is 1. The molecule has 1 heterocycles. The first-order valence-corrected chi connectivity index (χ1v) is 11.7. The van der Waals surface area contributed by atoms with Crippen LogP contribution in [0, 0.1) is 11.8 Å². The summed E-state index contributed by atoms with van der Waals surface area (Å²) in [5.41, 5.74) is 1.31. The summed E-state index contributed by atoms with van der Waals surface area (Å²) in [4.78, 5) is 24.8. The second-order valence-electron chi connectivity index (χ2n) is 8.43. The Morgan fingerprint density at radius 2 is 1.87 bits per heavy atom. The fraction of sp³-hybridized carbons (Fsp3) is 0.545. The fourth-order valence-electron chi connectivity index (χ4n) is 4.71. The topological polar surface area (TPSA) is 88.9 Å². The van der Waals surface area contributed by atoms with Crippen molar-refractivity contribution in [1.29, 1.82) is 0 Å². The Morgan fingerprint density at radius 3 is 2.60 bits per heavy atom. The minimum absolute atomic E-state index is 0.0232. The van der Waals surface area contributed by atoms with Gasteiger partial charge in [0.05, 0.1) is 5.75 Å². The van der Waals surface area contributed by atoms with Gasteiger partial charge in [0.15, 0.2) is 5.16 Å². The van der Waals surface area contributed by atoms with Crippen molar-refractivity contribution < 1.29 is 9.59 Å². The van der Waals surface area contributed by atoms with Crippen LogP contribution in [0.25, 0.3) is 0 Å². The van der Waals surface area contributed by atoms with Crippen molar-refractivity contribution in [3.05, 3.63) is 36.2 Å². The van der Waals surface area contributed by atoms with Crippen LogP contribution in [0.4, 0.5) is 5.69 Å². The molecule has 2 aliphatic carbocycles. The Hall–Kier alpha value is -2.35. The van der Waals surface area contributed by atoms with Gasteiger partial charge in [-0.2, -0.15) is 0 Å². The van der Waals surface area contributed by atoms with Crippen LogP contribution >= 0.6 is 11.8 Å². The van der Waals surface area contributed by atoms with Crippen molar-refractivity contribution in [2.75, 3.05) is 11.1 Å². The molecule has 0 spiro atoms. The van der Waals surface area contributed by atoms with Crippen LogP contribution in [-0.2, 0) is 11.8 Å². The molecule has 0 unspecified atom stereocenters. The molecule has 1 aromatic heterocycles. The van der Waals surface area contributed by atoms with Crippen molar-refractivity contribution in [3.8, 4) is 0 Å². The minimum atomic E-state index is -0.121. The number of anilines is 1. The van der Waals surface area contributed by atoms with Crippen LogP contribution in [0.2, 0.25) is 0 Å². The van der Waals surface area contributed by atoms with Gasteiger partial charge in [0.2, 0.25) is 5.91 Å². The van der Waals surface area contributed by atoms with Crippen LogP contribution in [0.3, 0.4) is 0 Å². The molecule has 2 fully saturated rings. The van der Waals surface area contributed by atoms with E-state index in [-0.39, 0.29) is 23.6 Å². The lowest BCUT2D eigenvalue weighted by Crippen LogP contribution is -2.41. The summed E-state index contributed by atoms with van der Waals surface area (Å²) in [6.45, 7) is 0. The van der Waals surface area contributed by atoms with Gasteiger partial charge in [0, 0.05) is 24.3 Å². The van der Waals surface area contributed by atoms with Gasteiger partial charge < -0.3 is 15.2 Å². The largest absolute Gasteiger partial charge is 0.349 e. The summed E-state index contributed by atoms with van der Waals surface area (Å²) in [6.07, 6.45) is 10.5. The highest BCUT2D eigenvalue weighted by Gasteiger charge is 2.32.